The van der Waals surface area contributed by atoms with Crippen LogP contribution in [-0.4, -0.2) is 15.6 Å². The fraction of sp³-hybridized carbons (Fsp3) is 0.222. The minimum absolute atomic E-state index is 0.204. The molecule has 2 nitrogen and oxygen atoms in total. The number of aromatic nitrogens is 1. The van der Waals surface area contributed by atoms with Gasteiger partial charge in [-0.15, -0.1) is 23.2 Å². The zero-order valence-corrected chi connectivity index (χ0v) is 9.44. The third-order valence-electron chi connectivity index (χ3n) is 1.62. The van der Waals surface area contributed by atoms with Crippen molar-refractivity contribution in [3.05, 3.63) is 24.3 Å². The van der Waals surface area contributed by atoms with Gasteiger partial charge in [-0.3, -0.25) is 0 Å². The lowest BCUT2D eigenvalue weighted by atomic mass is 10.3. The lowest BCUT2D eigenvalue weighted by molar-refractivity contribution is 0.489. The van der Waals surface area contributed by atoms with Crippen LogP contribution in [0.3, 0.4) is 0 Å². The van der Waals surface area contributed by atoms with Gasteiger partial charge in [0.1, 0.15) is 10.2 Å². The fourth-order valence-corrected chi connectivity index (χ4v) is 2.03. The molecule has 1 heterocycles. The van der Waals surface area contributed by atoms with Gasteiger partial charge in [-0.05, 0) is 23.9 Å². The Kier molecular flexibility index (Phi) is 3.21. The van der Waals surface area contributed by atoms with Gasteiger partial charge in [0.25, 0.3) is 5.22 Å². The van der Waals surface area contributed by atoms with Crippen LogP contribution in [0.2, 0.25) is 0 Å². The number of halogens is 2. The minimum Gasteiger partial charge on any atom is -0.431 e. The lowest BCUT2D eigenvalue weighted by Crippen LogP contribution is -1.91. The Morgan fingerprint density at radius 1 is 1.43 bits per heavy atom. The van der Waals surface area contributed by atoms with Crippen LogP contribution in [0.1, 0.15) is 0 Å². The average Bonchev–Trinajstić information content (AvgIpc) is 2.59. The number of alkyl halides is 2. The van der Waals surface area contributed by atoms with Crippen molar-refractivity contribution in [2.45, 2.75) is 9.93 Å². The van der Waals surface area contributed by atoms with Crippen LogP contribution in [0.15, 0.2) is 33.9 Å². The number of thioether (sulfide) groups is 1. The molecule has 5 heteroatoms. The molecule has 1 aromatic heterocycles. The van der Waals surface area contributed by atoms with Crippen molar-refractivity contribution >= 4 is 46.1 Å². The second-order valence-electron chi connectivity index (χ2n) is 2.63. The summed E-state index contributed by atoms with van der Waals surface area (Å²) in [6.45, 7) is 0. The van der Waals surface area contributed by atoms with Gasteiger partial charge in [0.2, 0.25) is 0 Å². The van der Waals surface area contributed by atoms with Crippen LogP contribution in [0, 0.1) is 0 Å². The molecular formula is C9H7Cl2NOS. The lowest BCUT2D eigenvalue weighted by Gasteiger charge is -1.98. The molecule has 0 saturated heterocycles. The molecule has 74 valence electrons. The molecular weight excluding hydrogens is 241 g/mol. The third-order valence-corrected chi connectivity index (χ3v) is 3.49. The highest BCUT2D eigenvalue weighted by Gasteiger charge is 2.10. The minimum atomic E-state index is -0.204. The van der Waals surface area contributed by atoms with E-state index in [-0.39, 0.29) is 4.71 Å². The summed E-state index contributed by atoms with van der Waals surface area (Å²) in [6.07, 6.45) is 0. The Labute approximate surface area is 95.6 Å². The van der Waals surface area contributed by atoms with E-state index in [1.54, 1.807) is 0 Å². The van der Waals surface area contributed by atoms with Gasteiger partial charge < -0.3 is 4.42 Å². The second-order valence-corrected chi connectivity index (χ2v) is 4.88. The Hall–Kier alpha value is -0.380. The van der Waals surface area contributed by atoms with E-state index in [4.69, 9.17) is 27.6 Å². The predicted octanol–water partition coefficient (Wildman–Crippen LogP) is 3.72. The van der Waals surface area contributed by atoms with Crippen molar-refractivity contribution in [3.63, 3.8) is 0 Å². The molecule has 1 atom stereocenters. The molecule has 0 radical (unpaired) electrons. The van der Waals surface area contributed by atoms with Crippen molar-refractivity contribution in [2.75, 3.05) is 5.88 Å². The molecule has 0 aliphatic heterocycles. The summed E-state index contributed by atoms with van der Waals surface area (Å²) in [7, 11) is 0. The molecule has 0 N–H and O–H groups in total. The van der Waals surface area contributed by atoms with Crippen LogP contribution in [0.25, 0.3) is 11.1 Å². The first kappa shape index (κ1) is 10.1. The summed E-state index contributed by atoms with van der Waals surface area (Å²) in [6, 6.07) is 7.59. The maximum atomic E-state index is 5.86. The molecule has 1 unspecified atom stereocenters. The maximum absolute atomic E-state index is 5.86. The smallest absolute Gasteiger partial charge is 0.258 e. The van der Waals surface area contributed by atoms with E-state index < -0.39 is 0 Å². The SMILES string of the molecule is ClCC(Cl)Sc1nc2ccccc2o1. The van der Waals surface area contributed by atoms with Gasteiger partial charge >= 0.3 is 0 Å². The van der Waals surface area contributed by atoms with Gasteiger partial charge in [0, 0.05) is 5.88 Å². The summed E-state index contributed by atoms with van der Waals surface area (Å²) in [5.41, 5.74) is 1.61. The number of para-hydroxylation sites is 2. The molecule has 1 aromatic carbocycles. The first-order valence-corrected chi connectivity index (χ1v) is 5.87. The van der Waals surface area contributed by atoms with Crippen molar-refractivity contribution in [1.82, 2.24) is 4.98 Å². The number of hydrogen-bond donors (Lipinski definition) is 0. The molecule has 0 saturated carbocycles. The van der Waals surface area contributed by atoms with Gasteiger partial charge in [0.15, 0.2) is 5.58 Å². The quantitative estimate of drug-likeness (QED) is 0.611. The van der Waals surface area contributed by atoms with E-state index in [0.717, 1.165) is 11.1 Å². The summed E-state index contributed by atoms with van der Waals surface area (Å²) < 4.78 is 5.25. The summed E-state index contributed by atoms with van der Waals surface area (Å²) in [5, 5.41) is 0.562. The Morgan fingerprint density at radius 3 is 2.93 bits per heavy atom. The Balaban J connectivity index is 2.27. The number of hydrogen-bond acceptors (Lipinski definition) is 3. The van der Waals surface area contributed by atoms with Gasteiger partial charge in [-0.25, -0.2) is 4.98 Å². The van der Waals surface area contributed by atoms with Crippen molar-refractivity contribution in [3.8, 4) is 0 Å². The van der Waals surface area contributed by atoms with Gasteiger partial charge in [-0.1, -0.05) is 12.1 Å². The van der Waals surface area contributed by atoms with E-state index in [2.05, 4.69) is 4.98 Å². The van der Waals surface area contributed by atoms with E-state index >= 15 is 0 Å². The number of rotatable bonds is 3. The zero-order chi connectivity index (χ0) is 9.97. The molecule has 0 aliphatic carbocycles. The molecule has 0 spiro atoms. The highest BCUT2D eigenvalue weighted by Crippen LogP contribution is 2.28. The second kappa shape index (κ2) is 4.43. The van der Waals surface area contributed by atoms with E-state index in [1.165, 1.54) is 11.8 Å². The first-order valence-electron chi connectivity index (χ1n) is 4.02. The van der Waals surface area contributed by atoms with E-state index in [0.29, 0.717) is 11.1 Å². The standard InChI is InChI=1S/C9H7Cl2NOS/c10-5-8(11)14-9-12-6-3-1-2-4-7(6)13-9/h1-4,8H,5H2. The summed E-state index contributed by atoms with van der Waals surface area (Å²) >= 11 is 12.8. The average molecular weight is 248 g/mol. The number of oxazole rings is 1. The van der Waals surface area contributed by atoms with Crippen molar-refractivity contribution in [1.29, 1.82) is 0 Å². The molecule has 14 heavy (non-hydrogen) atoms. The normalized spacial score (nSPS) is 13.3. The number of fused-ring (bicyclic) bond motifs is 1. The van der Waals surface area contributed by atoms with Crippen LogP contribution < -0.4 is 0 Å². The molecule has 0 fully saturated rings. The third kappa shape index (κ3) is 2.16. The fourth-order valence-electron chi connectivity index (χ4n) is 1.04. The molecule has 0 bridgehead atoms. The monoisotopic (exact) mass is 247 g/mol. The van der Waals surface area contributed by atoms with Gasteiger partial charge in [0.05, 0.1) is 0 Å². The molecule has 2 aromatic rings. The van der Waals surface area contributed by atoms with Crippen LogP contribution in [0.4, 0.5) is 0 Å². The topological polar surface area (TPSA) is 26.0 Å². The molecule has 0 amide bonds. The summed E-state index contributed by atoms with van der Waals surface area (Å²) in [4.78, 5) is 4.25. The van der Waals surface area contributed by atoms with Crippen molar-refractivity contribution in [2.24, 2.45) is 0 Å². The Bertz CT molecular complexity index is 398. The van der Waals surface area contributed by atoms with E-state index in [9.17, 15) is 0 Å². The maximum Gasteiger partial charge on any atom is 0.258 e. The highest BCUT2D eigenvalue weighted by atomic mass is 35.5. The Morgan fingerprint density at radius 2 is 2.21 bits per heavy atom. The van der Waals surface area contributed by atoms with Crippen LogP contribution >= 0.6 is 35.0 Å². The van der Waals surface area contributed by atoms with Gasteiger partial charge in [-0.2, -0.15) is 0 Å². The highest BCUT2D eigenvalue weighted by molar-refractivity contribution is 8.00. The molecule has 2 rings (SSSR count). The number of nitrogens with zero attached hydrogens (tertiary/aromatic N) is 1. The number of benzene rings is 1. The van der Waals surface area contributed by atoms with Crippen molar-refractivity contribution < 1.29 is 4.42 Å². The predicted molar refractivity (Wildman–Crippen MR) is 60.2 cm³/mol. The van der Waals surface area contributed by atoms with Crippen LogP contribution in [-0.2, 0) is 0 Å². The zero-order valence-electron chi connectivity index (χ0n) is 7.11. The summed E-state index contributed by atoms with van der Waals surface area (Å²) in [5.74, 6) is 0.366. The largest absolute Gasteiger partial charge is 0.431 e. The molecule has 0 aliphatic rings. The first-order chi connectivity index (χ1) is 6.79. The van der Waals surface area contributed by atoms with Crippen LogP contribution in [0.5, 0.6) is 0 Å². The van der Waals surface area contributed by atoms with E-state index in [1.807, 2.05) is 24.3 Å².